The molecular weight excluding hydrogens is 436 g/mol. The molecule has 1 amide bonds. The fraction of sp³-hybridized carbons (Fsp3) is 0.0588. The van der Waals surface area contributed by atoms with E-state index in [9.17, 15) is 25.0 Å². The second kappa shape index (κ2) is 8.71. The van der Waals surface area contributed by atoms with Crippen molar-refractivity contribution < 1.29 is 14.6 Å². The molecule has 0 radical (unpaired) electrons. The molecule has 0 saturated carbocycles. The highest BCUT2D eigenvalue weighted by molar-refractivity contribution is 7.17. The lowest BCUT2D eigenvalue weighted by Crippen LogP contribution is -2.29. The van der Waals surface area contributed by atoms with Crippen molar-refractivity contribution in [3.05, 3.63) is 78.3 Å². The molecule has 0 bridgehead atoms. The number of aryl methyl sites for hydroxylation is 1. The maximum atomic E-state index is 12.5. The highest BCUT2D eigenvalue weighted by Gasteiger charge is 2.21. The topological polar surface area (TPSA) is 152 Å². The molecule has 0 aliphatic carbocycles. The van der Waals surface area contributed by atoms with Crippen LogP contribution in [0.4, 0.5) is 27.9 Å². The fourth-order valence-electron chi connectivity index (χ4n) is 2.39. The number of nitrogens with zero attached hydrogens (tertiary/aromatic N) is 3. The van der Waals surface area contributed by atoms with E-state index in [0.717, 1.165) is 35.2 Å². The van der Waals surface area contributed by atoms with Crippen molar-refractivity contribution in [2.75, 3.05) is 10.7 Å². The summed E-state index contributed by atoms with van der Waals surface area (Å²) < 4.78 is 0. The number of non-ortho nitro benzene ring substituents is 1. The van der Waals surface area contributed by atoms with Crippen molar-refractivity contribution in [1.82, 2.24) is 10.4 Å². The number of carbonyl (C=O) groups is 1. The van der Waals surface area contributed by atoms with E-state index in [1.54, 1.807) is 31.2 Å². The first kappa shape index (κ1) is 21.0. The van der Waals surface area contributed by atoms with Gasteiger partial charge in [0.15, 0.2) is 5.13 Å². The van der Waals surface area contributed by atoms with Crippen LogP contribution in [0.25, 0.3) is 0 Å². The van der Waals surface area contributed by atoms with Gasteiger partial charge in [-0.05, 0) is 37.3 Å². The lowest BCUT2D eigenvalue weighted by molar-refractivity contribution is -0.393. The summed E-state index contributed by atoms with van der Waals surface area (Å²) in [4.78, 5) is 37.5. The third-order valence-electron chi connectivity index (χ3n) is 3.80. The van der Waals surface area contributed by atoms with Crippen LogP contribution in [0.15, 0.2) is 42.5 Å². The van der Waals surface area contributed by atoms with E-state index in [1.807, 2.05) is 0 Å². The predicted octanol–water partition coefficient (Wildman–Crippen LogP) is 4.42. The van der Waals surface area contributed by atoms with Gasteiger partial charge in [-0.2, -0.15) is 0 Å². The quantitative estimate of drug-likeness (QED) is 0.354. The molecule has 1 heterocycles. The van der Waals surface area contributed by atoms with Crippen molar-refractivity contribution in [2.45, 2.75) is 6.92 Å². The molecule has 0 unspecified atom stereocenters. The highest BCUT2D eigenvalue weighted by Crippen LogP contribution is 2.29. The van der Waals surface area contributed by atoms with Gasteiger partial charge in [0.1, 0.15) is 10.6 Å². The standard InChI is InChI=1S/C17H13ClN6O5S/c1-9-15(30-17(19-9)20-11-4-2-10(18)3-5-11)16(25)22-21-13-7-6-12(23(26)27)8-14(13)24(28)29/h2-8,21H,1H3,(H,19,20)(H,22,25). The Bertz CT molecular complexity index is 1130. The number of nitrogens with one attached hydrogen (secondary N) is 3. The summed E-state index contributed by atoms with van der Waals surface area (Å²) in [7, 11) is 0. The van der Waals surface area contributed by atoms with Gasteiger partial charge >= 0.3 is 5.69 Å². The molecule has 0 aliphatic heterocycles. The lowest BCUT2D eigenvalue weighted by Gasteiger charge is -2.08. The molecule has 13 heteroatoms. The van der Waals surface area contributed by atoms with Crippen LogP contribution < -0.4 is 16.2 Å². The van der Waals surface area contributed by atoms with Crippen molar-refractivity contribution in [2.24, 2.45) is 0 Å². The van der Waals surface area contributed by atoms with Gasteiger partial charge in [-0.3, -0.25) is 35.9 Å². The number of hydrogen-bond donors (Lipinski definition) is 3. The first-order valence-corrected chi connectivity index (χ1v) is 9.43. The molecule has 11 nitrogen and oxygen atoms in total. The van der Waals surface area contributed by atoms with Crippen molar-refractivity contribution in [1.29, 1.82) is 0 Å². The zero-order chi connectivity index (χ0) is 21.8. The van der Waals surface area contributed by atoms with Crippen LogP contribution in [0, 0.1) is 27.2 Å². The summed E-state index contributed by atoms with van der Waals surface area (Å²) in [5.41, 5.74) is 4.89. The number of benzene rings is 2. The number of hydrazine groups is 1. The van der Waals surface area contributed by atoms with E-state index in [0.29, 0.717) is 15.8 Å². The predicted molar refractivity (Wildman–Crippen MR) is 112 cm³/mol. The Balaban J connectivity index is 1.72. The van der Waals surface area contributed by atoms with Crippen LogP contribution >= 0.6 is 22.9 Å². The minimum absolute atomic E-state index is 0.0966. The summed E-state index contributed by atoms with van der Waals surface area (Å²) in [6.07, 6.45) is 0. The Kier molecular flexibility index (Phi) is 6.09. The average molecular weight is 449 g/mol. The zero-order valence-corrected chi connectivity index (χ0v) is 16.8. The average Bonchev–Trinajstić information content (AvgIpc) is 3.07. The molecule has 30 heavy (non-hydrogen) atoms. The smallest absolute Gasteiger partial charge is 0.300 e. The molecule has 154 valence electrons. The maximum Gasteiger partial charge on any atom is 0.300 e. The number of thiazole rings is 1. The number of anilines is 3. The van der Waals surface area contributed by atoms with E-state index in [1.165, 1.54) is 0 Å². The highest BCUT2D eigenvalue weighted by atomic mass is 35.5. The fourth-order valence-corrected chi connectivity index (χ4v) is 3.40. The minimum Gasteiger partial charge on any atom is -0.332 e. The molecule has 0 saturated heterocycles. The molecule has 3 aromatic rings. The second-order valence-electron chi connectivity index (χ2n) is 5.86. The number of carbonyl (C=O) groups excluding carboxylic acids is 1. The lowest BCUT2D eigenvalue weighted by atomic mass is 10.2. The number of amides is 1. The van der Waals surface area contributed by atoms with Gasteiger partial charge in [-0.1, -0.05) is 22.9 Å². The molecule has 0 fully saturated rings. The largest absolute Gasteiger partial charge is 0.332 e. The molecule has 0 atom stereocenters. The van der Waals surface area contributed by atoms with Gasteiger partial charge in [-0.25, -0.2) is 4.98 Å². The Morgan fingerprint density at radius 2 is 1.80 bits per heavy atom. The molecule has 1 aromatic heterocycles. The summed E-state index contributed by atoms with van der Waals surface area (Å²) in [6.45, 7) is 1.65. The van der Waals surface area contributed by atoms with Crippen LogP contribution in [0.2, 0.25) is 5.02 Å². The number of hydrogen-bond acceptors (Lipinski definition) is 9. The normalized spacial score (nSPS) is 10.3. The first-order chi connectivity index (χ1) is 14.2. The van der Waals surface area contributed by atoms with Crippen LogP contribution in [0.3, 0.4) is 0 Å². The minimum atomic E-state index is -0.784. The third kappa shape index (κ3) is 4.79. The number of halogens is 1. The summed E-state index contributed by atoms with van der Waals surface area (Å²) >= 11 is 6.94. The van der Waals surface area contributed by atoms with Gasteiger partial charge in [0, 0.05) is 16.8 Å². The molecule has 3 rings (SSSR count). The van der Waals surface area contributed by atoms with Crippen LogP contribution in [-0.4, -0.2) is 20.7 Å². The number of nitro benzene ring substituents is 2. The monoisotopic (exact) mass is 448 g/mol. The van der Waals surface area contributed by atoms with E-state index < -0.39 is 27.1 Å². The van der Waals surface area contributed by atoms with Crippen molar-refractivity contribution >= 4 is 56.7 Å². The number of rotatable bonds is 7. The summed E-state index contributed by atoms with van der Waals surface area (Å²) in [6, 6.07) is 9.97. The van der Waals surface area contributed by atoms with Gasteiger partial charge in [-0.15, -0.1) is 0 Å². The Hall–Kier alpha value is -3.77. The van der Waals surface area contributed by atoms with E-state index >= 15 is 0 Å². The molecular formula is C17H13ClN6O5S. The van der Waals surface area contributed by atoms with Crippen molar-refractivity contribution in [3.63, 3.8) is 0 Å². The molecule has 0 spiro atoms. The van der Waals surface area contributed by atoms with Crippen LogP contribution in [0.5, 0.6) is 0 Å². The SMILES string of the molecule is Cc1nc(Nc2ccc(Cl)cc2)sc1C(=O)NNc1ccc([N+](=O)[O-])cc1[N+](=O)[O-]. The van der Waals surface area contributed by atoms with Crippen LogP contribution in [-0.2, 0) is 0 Å². The van der Waals surface area contributed by atoms with Gasteiger partial charge in [0.25, 0.3) is 11.6 Å². The number of nitro groups is 2. The van der Waals surface area contributed by atoms with Crippen LogP contribution in [0.1, 0.15) is 15.4 Å². The second-order valence-corrected chi connectivity index (χ2v) is 7.30. The van der Waals surface area contributed by atoms with E-state index in [2.05, 4.69) is 21.2 Å². The van der Waals surface area contributed by atoms with Gasteiger partial charge in [0.05, 0.1) is 21.6 Å². The van der Waals surface area contributed by atoms with Crippen molar-refractivity contribution in [3.8, 4) is 0 Å². The third-order valence-corrected chi connectivity index (χ3v) is 5.12. The number of aromatic nitrogens is 1. The van der Waals surface area contributed by atoms with Gasteiger partial charge in [0.2, 0.25) is 0 Å². The Morgan fingerprint density at radius 3 is 2.43 bits per heavy atom. The Morgan fingerprint density at radius 1 is 1.10 bits per heavy atom. The molecule has 2 aromatic carbocycles. The van der Waals surface area contributed by atoms with E-state index in [4.69, 9.17) is 11.6 Å². The summed E-state index contributed by atoms with van der Waals surface area (Å²) in [5, 5.41) is 26.1. The maximum absolute atomic E-state index is 12.5. The molecule has 0 aliphatic rings. The van der Waals surface area contributed by atoms with Gasteiger partial charge < -0.3 is 5.32 Å². The first-order valence-electron chi connectivity index (χ1n) is 8.24. The zero-order valence-electron chi connectivity index (χ0n) is 15.2. The summed E-state index contributed by atoms with van der Waals surface area (Å²) in [5.74, 6) is -0.568. The molecule has 3 N–H and O–H groups in total. The van der Waals surface area contributed by atoms with E-state index in [-0.39, 0.29) is 10.6 Å². The Labute approximate surface area is 178 Å².